The first-order chi connectivity index (χ1) is 16.2. The van der Waals surface area contributed by atoms with E-state index in [4.69, 9.17) is 14.3 Å². The number of hydrogen-bond acceptors (Lipinski definition) is 5. The summed E-state index contributed by atoms with van der Waals surface area (Å²) < 4.78 is 9.87. The molecule has 0 bridgehead atoms. The zero-order valence-corrected chi connectivity index (χ0v) is 22.4. The van der Waals surface area contributed by atoms with Crippen LogP contribution in [0.4, 0.5) is 0 Å². The van der Waals surface area contributed by atoms with Crippen molar-refractivity contribution >= 4 is 6.29 Å². The number of benzene rings is 2. The van der Waals surface area contributed by atoms with Crippen molar-refractivity contribution in [2.75, 3.05) is 27.3 Å². The first-order valence-electron chi connectivity index (χ1n) is 11.9. The molecule has 2 rings (SSSR count). The highest BCUT2D eigenvalue weighted by atomic mass is 16.5. The third-order valence-electron chi connectivity index (χ3n) is 4.37. The number of aryl methyl sites for hydroxylation is 1. The number of phenolic OH excluding ortho intramolecular Hbond substituents is 1. The van der Waals surface area contributed by atoms with E-state index in [0.717, 1.165) is 31.7 Å². The van der Waals surface area contributed by atoms with Gasteiger partial charge in [0.05, 0.1) is 13.7 Å². The molecule has 0 saturated carbocycles. The normalized spacial score (nSPS) is 9.41. The molecule has 0 heterocycles. The van der Waals surface area contributed by atoms with Gasteiger partial charge in [0, 0.05) is 13.7 Å². The van der Waals surface area contributed by atoms with Gasteiger partial charge in [0.15, 0.2) is 11.5 Å². The Kier molecular flexibility index (Phi) is 23.2. The zero-order valence-electron chi connectivity index (χ0n) is 22.4. The third kappa shape index (κ3) is 21.2. The van der Waals surface area contributed by atoms with E-state index in [9.17, 15) is 5.11 Å². The van der Waals surface area contributed by atoms with E-state index in [1.54, 1.807) is 20.3 Å². The van der Waals surface area contributed by atoms with Crippen molar-refractivity contribution in [3.05, 3.63) is 71.8 Å². The summed E-state index contributed by atoms with van der Waals surface area (Å²) in [6, 6.07) is 15.5. The molecular weight excluding hydrogens is 426 g/mol. The SMILES string of the molecule is C=C(C)CNCCCC(C)C.CC=O.CCc1ccc(O)c(OC)c1.COCc1ccccc1. The quantitative estimate of drug-likeness (QED) is 0.231. The number of aromatic hydroxyl groups is 1. The van der Waals surface area contributed by atoms with E-state index in [1.807, 2.05) is 42.5 Å². The number of phenols is 1. The fraction of sp³-hybridized carbons (Fsp3) is 0.483. The number of hydrogen-bond donors (Lipinski definition) is 2. The topological polar surface area (TPSA) is 67.8 Å². The fourth-order valence-electron chi connectivity index (χ4n) is 2.62. The maximum atomic E-state index is 9.21. The van der Waals surface area contributed by atoms with Crippen LogP contribution in [0.5, 0.6) is 11.5 Å². The largest absolute Gasteiger partial charge is 0.504 e. The second kappa shape index (κ2) is 23.5. The van der Waals surface area contributed by atoms with Gasteiger partial charge in [-0.05, 0) is 68.8 Å². The molecule has 0 unspecified atom stereocenters. The molecular formula is C29H47NO4. The van der Waals surface area contributed by atoms with Gasteiger partial charge < -0.3 is 24.7 Å². The Hall–Kier alpha value is -2.63. The van der Waals surface area contributed by atoms with Crippen molar-refractivity contribution in [1.82, 2.24) is 5.32 Å². The minimum Gasteiger partial charge on any atom is -0.504 e. The maximum absolute atomic E-state index is 9.21. The van der Waals surface area contributed by atoms with Crippen molar-refractivity contribution in [3.63, 3.8) is 0 Å². The zero-order chi connectivity index (χ0) is 26.2. The number of rotatable bonds is 10. The first-order valence-corrected chi connectivity index (χ1v) is 11.9. The van der Waals surface area contributed by atoms with E-state index < -0.39 is 0 Å². The first kappa shape index (κ1) is 33.5. The molecule has 2 N–H and O–H groups in total. The number of aldehydes is 1. The fourth-order valence-corrected chi connectivity index (χ4v) is 2.62. The van der Waals surface area contributed by atoms with Crippen molar-refractivity contribution < 1.29 is 19.4 Å². The van der Waals surface area contributed by atoms with Crippen LogP contribution in [-0.2, 0) is 22.6 Å². The van der Waals surface area contributed by atoms with E-state index in [2.05, 4.69) is 39.6 Å². The van der Waals surface area contributed by atoms with Gasteiger partial charge in [-0.3, -0.25) is 0 Å². The van der Waals surface area contributed by atoms with Gasteiger partial charge in [0.25, 0.3) is 0 Å². The molecule has 0 aliphatic heterocycles. The summed E-state index contributed by atoms with van der Waals surface area (Å²) in [5, 5.41) is 12.5. The second-order valence-corrected chi connectivity index (χ2v) is 8.18. The van der Waals surface area contributed by atoms with Gasteiger partial charge >= 0.3 is 0 Å². The van der Waals surface area contributed by atoms with E-state index >= 15 is 0 Å². The summed E-state index contributed by atoms with van der Waals surface area (Å²) in [5.74, 6) is 1.58. The molecule has 0 saturated heterocycles. The lowest BCUT2D eigenvalue weighted by Crippen LogP contribution is -2.17. The van der Waals surface area contributed by atoms with Crippen LogP contribution in [0.3, 0.4) is 0 Å². The Morgan fingerprint density at radius 3 is 2.21 bits per heavy atom. The molecule has 0 spiro atoms. The Morgan fingerprint density at radius 2 is 1.74 bits per heavy atom. The summed E-state index contributed by atoms with van der Waals surface area (Å²) in [6.07, 6.45) is 4.31. The van der Waals surface area contributed by atoms with Crippen LogP contribution in [0.1, 0.15) is 58.6 Å². The number of carbonyl (C=O) groups is 1. The van der Waals surface area contributed by atoms with Crippen LogP contribution in [0, 0.1) is 5.92 Å². The summed E-state index contributed by atoms with van der Waals surface area (Å²) >= 11 is 0. The standard InChI is InChI=1S/C10H21N.C9H12O2.C8H10O.C2H4O/c1-9(2)6-5-7-11-8-10(3)4;1-3-7-4-5-8(10)9(6-7)11-2;1-9-7-8-5-3-2-4-6-8;1-2-3/h9,11H,3,5-8H2,1-2,4H3;4-6,10H,3H2,1-2H3;2-6H,7H2,1H3;2H,1H3. The molecule has 0 radical (unpaired) electrons. The van der Waals surface area contributed by atoms with Crippen LogP contribution >= 0.6 is 0 Å². The van der Waals surface area contributed by atoms with Crippen LogP contribution < -0.4 is 10.1 Å². The number of carbonyl (C=O) groups excluding carboxylic acids is 1. The highest BCUT2D eigenvalue weighted by Gasteiger charge is 1.99. The van der Waals surface area contributed by atoms with E-state index in [1.165, 1.54) is 36.5 Å². The Morgan fingerprint density at radius 1 is 1.12 bits per heavy atom. The summed E-state index contributed by atoms with van der Waals surface area (Å²) in [7, 11) is 3.25. The highest BCUT2D eigenvalue weighted by Crippen LogP contribution is 2.26. The molecule has 34 heavy (non-hydrogen) atoms. The molecule has 0 amide bonds. The van der Waals surface area contributed by atoms with E-state index in [-0.39, 0.29) is 5.75 Å². The molecule has 192 valence electrons. The monoisotopic (exact) mass is 473 g/mol. The molecule has 0 aliphatic carbocycles. The Balaban J connectivity index is 0. The number of nitrogens with one attached hydrogen (secondary N) is 1. The molecule has 0 aromatic heterocycles. The minimum absolute atomic E-state index is 0.199. The Bertz CT molecular complexity index is 745. The maximum Gasteiger partial charge on any atom is 0.160 e. The molecule has 2 aromatic carbocycles. The van der Waals surface area contributed by atoms with Crippen molar-refractivity contribution in [2.24, 2.45) is 5.92 Å². The van der Waals surface area contributed by atoms with Crippen LogP contribution in [0.15, 0.2) is 60.7 Å². The lowest BCUT2D eigenvalue weighted by atomic mass is 10.1. The molecule has 0 atom stereocenters. The molecule has 2 aromatic rings. The van der Waals surface area contributed by atoms with Gasteiger partial charge in [-0.2, -0.15) is 0 Å². The summed E-state index contributed by atoms with van der Waals surface area (Å²) in [4.78, 5) is 8.81. The summed E-state index contributed by atoms with van der Waals surface area (Å²) in [6.45, 7) is 16.7. The predicted molar refractivity (Wildman–Crippen MR) is 145 cm³/mol. The average Bonchev–Trinajstić information content (AvgIpc) is 2.81. The van der Waals surface area contributed by atoms with E-state index in [0.29, 0.717) is 12.4 Å². The molecule has 5 heteroatoms. The highest BCUT2D eigenvalue weighted by molar-refractivity contribution is 5.44. The molecule has 5 nitrogen and oxygen atoms in total. The van der Waals surface area contributed by atoms with Gasteiger partial charge in [0.1, 0.15) is 6.29 Å². The van der Waals surface area contributed by atoms with Gasteiger partial charge in [-0.1, -0.05) is 69.3 Å². The second-order valence-electron chi connectivity index (χ2n) is 8.18. The smallest absolute Gasteiger partial charge is 0.160 e. The van der Waals surface area contributed by atoms with Crippen LogP contribution in [0.25, 0.3) is 0 Å². The number of ether oxygens (including phenoxy) is 2. The molecule has 0 fully saturated rings. The van der Waals surface area contributed by atoms with Crippen LogP contribution in [-0.4, -0.2) is 38.7 Å². The minimum atomic E-state index is 0.199. The van der Waals surface area contributed by atoms with Crippen molar-refractivity contribution in [1.29, 1.82) is 0 Å². The number of methoxy groups -OCH3 is 2. The average molecular weight is 474 g/mol. The predicted octanol–water partition coefficient (Wildman–Crippen LogP) is 6.59. The third-order valence-corrected chi connectivity index (χ3v) is 4.37. The molecule has 0 aliphatic rings. The van der Waals surface area contributed by atoms with Crippen molar-refractivity contribution in [2.45, 2.75) is 60.5 Å². The summed E-state index contributed by atoms with van der Waals surface area (Å²) in [5.41, 5.74) is 3.61. The lowest BCUT2D eigenvalue weighted by molar-refractivity contribution is -0.106. The Labute approximate surface area is 208 Å². The van der Waals surface area contributed by atoms with Crippen LogP contribution in [0.2, 0.25) is 0 Å². The van der Waals surface area contributed by atoms with Gasteiger partial charge in [-0.25, -0.2) is 0 Å². The lowest BCUT2D eigenvalue weighted by Gasteiger charge is -2.05. The van der Waals surface area contributed by atoms with Gasteiger partial charge in [0.2, 0.25) is 0 Å². The van der Waals surface area contributed by atoms with Gasteiger partial charge in [-0.15, -0.1) is 0 Å². The van der Waals surface area contributed by atoms with Crippen molar-refractivity contribution in [3.8, 4) is 11.5 Å².